The molecule has 1 aromatic carbocycles. The zero-order valence-corrected chi connectivity index (χ0v) is 24.5. The molecule has 41 heavy (non-hydrogen) atoms. The topological polar surface area (TPSA) is 119 Å². The molecule has 10 heteroatoms. The maximum atomic E-state index is 13.4. The van der Waals surface area contributed by atoms with Crippen molar-refractivity contribution in [2.24, 2.45) is 17.8 Å². The first kappa shape index (κ1) is 32.0. The first-order chi connectivity index (χ1) is 19.7. The molecule has 10 nitrogen and oxygen atoms in total. The van der Waals surface area contributed by atoms with Crippen molar-refractivity contribution in [1.29, 1.82) is 0 Å². The standard InChI is InChI=1S/C31H41NO9/c1-20(2)17-38-29-21(3)41-31(35)25(18-37-14-12-24(29)15-23-9-7-6-8-10-23)16-26(34)28-30(40-19-39-22(4)33)27(36-5)11-13-32-28/h6-11,13,20-21,24-25,29H,12,14-19H2,1-5H3/t21-,24+,25-,29-/m0/s1. The molecule has 0 aliphatic carbocycles. The second-order valence-corrected chi connectivity index (χ2v) is 10.6. The molecule has 1 saturated heterocycles. The van der Waals surface area contributed by atoms with Gasteiger partial charge in [-0.15, -0.1) is 0 Å². The molecule has 0 N–H and O–H groups in total. The van der Waals surface area contributed by atoms with Gasteiger partial charge < -0.3 is 28.4 Å². The third-order valence-electron chi connectivity index (χ3n) is 6.73. The Bertz CT molecular complexity index is 1140. The third kappa shape index (κ3) is 9.82. The fourth-order valence-corrected chi connectivity index (χ4v) is 4.70. The molecular weight excluding hydrogens is 530 g/mol. The lowest BCUT2D eigenvalue weighted by Crippen LogP contribution is -2.42. The lowest BCUT2D eigenvalue weighted by Gasteiger charge is -2.34. The summed E-state index contributed by atoms with van der Waals surface area (Å²) in [6.07, 6.45) is 1.75. The summed E-state index contributed by atoms with van der Waals surface area (Å²) in [7, 11) is 1.42. The minimum Gasteiger partial charge on any atom is -0.493 e. The Morgan fingerprint density at radius 3 is 2.59 bits per heavy atom. The van der Waals surface area contributed by atoms with Gasteiger partial charge in [-0.05, 0) is 37.2 Å². The number of methoxy groups -OCH3 is 1. The number of nitrogens with zero attached hydrogens (tertiary/aromatic N) is 1. The third-order valence-corrected chi connectivity index (χ3v) is 6.73. The molecule has 224 valence electrons. The van der Waals surface area contributed by atoms with Gasteiger partial charge in [0.15, 0.2) is 23.0 Å². The molecular formula is C31H41NO9. The number of cyclic esters (lactones) is 1. The minimum atomic E-state index is -0.865. The van der Waals surface area contributed by atoms with Crippen LogP contribution in [0.4, 0.5) is 0 Å². The average molecular weight is 572 g/mol. The van der Waals surface area contributed by atoms with Crippen molar-refractivity contribution in [2.75, 3.05) is 33.7 Å². The molecule has 1 aromatic heterocycles. The Balaban J connectivity index is 1.77. The SMILES string of the molecule is COc1ccnc(C(=O)C[C@H]2COCC[C@H](Cc3ccccc3)[C@@H](OCC(C)C)[C@H](C)OC2=O)c1OCOC(C)=O. The van der Waals surface area contributed by atoms with Crippen LogP contribution in [0.5, 0.6) is 11.5 Å². The normalized spacial score (nSPS) is 21.6. The lowest BCUT2D eigenvalue weighted by atomic mass is 9.88. The Morgan fingerprint density at radius 1 is 1.15 bits per heavy atom. The van der Waals surface area contributed by atoms with E-state index >= 15 is 0 Å². The fourth-order valence-electron chi connectivity index (χ4n) is 4.70. The van der Waals surface area contributed by atoms with E-state index in [1.807, 2.05) is 25.1 Å². The van der Waals surface area contributed by atoms with Gasteiger partial charge in [0.25, 0.3) is 0 Å². The number of benzene rings is 1. The molecule has 1 aliphatic rings. The number of ketones is 1. The van der Waals surface area contributed by atoms with Gasteiger partial charge in [0.2, 0.25) is 6.79 Å². The van der Waals surface area contributed by atoms with Crippen molar-refractivity contribution in [3.63, 3.8) is 0 Å². The highest BCUT2D eigenvalue weighted by Crippen LogP contribution is 2.32. The van der Waals surface area contributed by atoms with E-state index in [0.717, 1.165) is 6.42 Å². The molecule has 0 unspecified atom stereocenters. The summed E-state index contributed by atoms with van der Waals surface area (Å²) in [4.78, 5) is 42.1. The van der Waals surface area contributed by atoms with Crippen LogP contribution in [-0.2, 0) is 35.0 Å². The van der Waals surface area contributed by atoms with Crippen molar-refractivity contribution < 1.29 is 42.8 Å². The maximum Gasteiger partial charge on any atom is 0.312 e. The quantitative estimate of drug-likeness (QED) is 0.206. The van der Waals surface area contributed by atoms with Crippen LogP contribution in [0.1, 0.15) is 56.6 Å². The monoisotopic (exact) mass is 571 g/mol. The summed E-state index contributed by atoms with van der Waals surface area (Å²) >= 11 is 0. The molecule has 2 heterocycles. The smallest absolute Gasteiger partial charge is 0.312 e. The molecule has 0 saturated carbocycles. The fraction of sp³-hybridized carbons (Fsp3) is 0.548. The number of carbonyl (C=O) groups excluding carboxylic acids is 3. The predicted molar refractivity (Wildman–Crippen MR) is 150 cm³/mol. The first-order valence-corrected chi connectivity index (χ1v) is 14.0. The molecule has 1 aliphatic heterocycles. The van der Waals surface area contributed by atoms with Crippen LogP contribution in [-0.4, -0.2) is 68.6 Å². The van der Waals surface area contributed by atoms with Crippen LogP contribution in [0.15, 0.2) is 42.6 Å². The zero-order chi connectivity index (χ0) is 29.8. The molecule has 2 aromatic rings. The molecule has 0 bridgehead atoms. The summed E-state index contributed by atoms with van der Waals surface area (Å²) in [5.74, 6) is -1.79. The first-order valence-electron chi connectivity index (χ1n) is 14.0. The van der Waals surface area contributed by atoms with Gasteiger partial charge in [0.05, 0.1) is 25.7 Å². The van der Waals surface area contributed by atoms with Gasteiger partial charge in [0, 0.05) is 38.8 Å². The van der Waals surface area contributed by atoms with Crippen LogP contribution in [0.25, 0.3) is 0 Å². The molecule has 1 fully saturated rings. The number of Topliss-reactive ketones (excluding diaryl/α,β-unsaturated/α-hetero) is 1. The van der Waals surface area contributed by atoms with Gasteiger partial charge >= 0.3 is 11.9 Å². The molecule has 0 spiro atoms. The van der Waals surface area contributed by atoms with Crippen LogP contribution >= 0.6 is 0 Å². The van der Waals surface area contributed by atoms with E-state index in [1.54, 1.807) is 0 Å². The molecule has 4 atom stereocenters. The molecule has 0 amide bonds. The number of esters is 2. The highest BCUT2D eigenvalue weighted by atomic mass is 16.7. The van der Waals surface area contributed by atoms with Crippen LogP contribution in [0.3, 0.4) is 0 Å². The van der Waals surface area contributed by atoms with E-state index in [0.29, 0.717) is 25.6 Å². The van der Waals surface area contributed by atoms with E-state index in [-0.39, 0.29) is 42.2 Å². The van der Waals surface area contributed by atoms with Crippen molar-refractivity contribution in [1.82, 2.24) is 4.98 Å². The summed E-state index contributed by atoms with van der Waals surface area (Å²) in [5, 5.41) is 0. The number of hydrogen-bond acceptors (Lipinski definition) is 10. The largest absolute Gasteiger partial charge is 0.493 e. The number of carbonyl (C=O) groups is 3. The Labute approximate surface area is 241 Å². The minimum absolute atomic E-state index is 0.0144. The number of pyridine rings is 1. The summed E-state index contributed by atoms with van der Waals surface area (Å²) < 4.78 is 33.8. The van der Waals surface area contributed by atoms with Crippen LogP contribution in [0.2, 0.25) is 0 Å². The summed E-state index contributed by atoms with van der Waals surface area (Å²) in [5.41, 5.74) is 1.13. The number of rotatable bonds is 12. The number of aromatic nitrogens is 1. The molecule has 0 radical (unpaired) electrons. The Hall–Kier alpha value is -3.50. The van der Waals surface area contributed by atoms with Gasteiger partial charge in [-0.3, -0.25) is 14.4 Å². The van der Waals surface area contributed by atoms with Crippen molar-refractivity contribution >= 4 is 17.7 Å². The van der Waals surface area contributed by atoms with E-state index in [1.165, 1.54) is 31.9 Å². The van der Waals surface area contributed by atoms with Gasteiger partial charge in [-0.1, -0.05) is 44.2 Å². The van der Waals surface area contributed by atoms with Crippen LogP contribution in [0, 0.1) is 17.8 Å². The van der Waals surface area contributed by atoms with Crippen molar-refractivity contribution in [3.05, 3.63) is 53.9 Å². The second-order valence-electron chi connectivity index (χ2n) is 10.6. The van der Waals surface area contributed by atoms with Crippen molar-refractivity contribution in [3.8, 4) is 11.5 Å². The predicted octanol–water partition coefficient (Wildman–Crippen LogP) is 4.43. The number of hydrogen-bond donors (Lipinski definition) is 0. The van der Waals surface area contributed by atoms with Gasteiger partial charge in [-0.2, -0.15) is 0 Å². The summed E-state index contributed by atoms with van der Waals surface area (Å²) in [6.45, 7) is 7.74. The average Bonchev–Trinajstić information content (AvgIpc) is 2.94. The van der Waals surface area contributed by atoms with Gasteiger partial charge in [-0.25, -0.2) is 4.98 Å². The van der Waals surface area contributed by atoms with Crippen LogP contribution < -0.4 is 9.47 Å². The van der Waals surface area contributed by atoms with Gasteiger partial charge in [0.1, 0.15) is 6.10 Å². The second kappa shape index (κ2) is 16.1. The van der Waals surface area contributed by atoms with E-state index in [9.17, 15) is 14.4 Å². The number of ether oxygens (including phenoxy) is 6. The highest BCUT2D eigenvalue weighted by molar-refractivity contribution is 5.99. The van der Waals surface area contributed by atoms with E-state index in [4.69, 9.17) is 28.4 Å². The highest BCUT2D eigenvalue weighted by Gasteiger charge is 2.35. The Kier molecular flexibility index (Phi) is 12.6. The summed E-state index contributed by atoms with van der Waals surface area (Å²) in [6, 6.07) is 11.7. The lowest BCUT2D eigenvalue weighted by molar-refractivity contribution is -0.169. The maximum absolute atomic E-state index is 13.4. The van der Waals surface area contributed by atoms with E-state index in [2.05, 4.69) is 31.0 Å². The Morgan fingerprint density at radius 2 is 1.90 bits per heavy atom. The molecule has 3 rings (SSSR count). The van der Waals surface area contributed by atoms with Crippen molar-refractivity contribution in [2.45, 2.75) is 59.2 Å². The van der Waals surface area contributed by atoms with E-state index < -0.39 is 36.5 Å². The zero-order valence-electron chi connectivity index (χ0n) is 24.5.